The monoisotopic (exact) mass is 567 g/mol. The topological polar surface area (TPSA) is 96.0 Å². The highest BCUT2D eigenvalue weighted by molar-refractivity contribution is 7.17. The van der Waals surface area contributed by atoms with Gasteiger partial charge in [-0.15, -0.1) is 11.3 Å². The number of fused-ring (bicyclic) bond motifs is 3. The van der Waals surface area contributed by atoms with Crippen molar-refractivity contribution in [2.75, 3.05) is 39.2 Å². The Morgan fingerprint density at radius 3 is 2.44 bits per heavy atom. The minimum atomic E-state index is -0.228. The van der Waals surface area contributed by atoms with Crippen LogP contribution in [0.4, 0.5) is 5.69 Å². The average molecular weight is 568 g/mol. The van der Waals surface area contributed by atoms with Gasteiger partial charge in [-0.3, -0.25) is 14.4 Å². The van der Waals surface area contributed by atoms with Gasteiger partial charge in [0.15, 0.2) is 0 Å². The van der Waals surface area contributed by atoms with Crippen molar-refractivity contribution in [3.8, 4) is 16.2 Å². The van der Waals surface area contributed by atoms with Crippen LogP contribution in [0.2, 0.25) is 5.02 Å². The molecule has 0 unspecified atom stereocenters. The molecule has 204 valence electrons. The number of hydrogen-bond donors (Lipinski definition) is 1. The molecule has 3 amide bonds. The molecule has 0 saturated heterocycles. The van der Waals surface area contributed by atoms with E-state index in [0.717, 1.165) is 16.0 Å². The highest BCUT2D eigenvalue weighted by Gasteiger charge is 2.25. The molecule has 0 spiro atoms. The Bertz CT molecular complexity index is 1450. The Morgan fingerprint density at radius 1 is 1.00 bits per heavy atom. The molecule has 0 atom stereocenters. The Morgan fingerprint density at radius 2 is 1.74 bits per heavy atom. The fourth-order valence-electron chi connectivity index (χ4n) is 4.28. The standard InChI is InChI=1S/C29H30ClN3O5S/c1-17(34)6-5-12-31-27(35)19-7-9-21-24(15-19)38-13-11-18-16-25(39-26(18)21)29(37)33(4)23-10-8-20(14-22(23)30)28(36)32(2)3/h7-10,14-16H,5-6,11-13H2,1-4H3,(H,31,35). The van der Waals surface area contributed by atoms with E-state index >= 15 is 0 Å². The SMILES string of the molecule is CC(=O)CCCNC(=O)c1ccc2c(c1)OCCc1cc(C(=O)N(C)c3ccc(C(=O)N(C)C)cc3Cl)sc1-2. The summed E-state index contributed by atoms with van der Waals surface area (Å²) >= 11 is 7.83. The zero-order valence-corrected chi connectivity index (χ0v) is 23.9. The number of ether oxygens (including phenoxy) is 1. The van der Waals surface area contributed by atoms with Gasteiger partial charge in [0.05, 0.1) is 22.2 Å². The molecule has 1 aliphatic heterocycles. The number of anilines is 1. The summed E-state index contributed by atoms with van der Waals surface area (Å²) in [6.45, 7) is 2.36. The summed E-state index contributed by atoms with van der Waals surface area (Å²) < 4.78 is 5.96. The number of hydrogen-bond acceptors (Lipinski definition) is 6. The van der Waals surface area contributed by atoms with Crippen molar-refractivity contribution in [1.82, 2.24) is 10.2 Å². The lowest BCUT2D eigenvalue weighted by Crippen LogP contribution is -2.26. The van der Waals surface area contributed by atoms with Crippen LogP contribution in [0.5, 0.6) is 5.75 Å². The largest absolute Gasteiger partial charge is 0.493 e. The van der Waals surface area contributed by atoms with Crippen molar-refractivity contribution in [2.45, 2.75) is 26.2 Å². The number of thiophene rings is 1. The smallest absolute Gasteiger partial charge is 0.268 e. The molecule has 0 radical (unpaired) electrons. The second kappa shape index (κ2) is 12.0. The van der Waals surface area contributed by atoms with Crippen molar-refractivity contribution >= 4 is 52.1 Å². The van der Waals surface area contributed by atoms with Gasteiger partial charge in [0.1, 0.15) is 11.5 Å². The maximum atomic E-state index is 13.4. The summed E-state index contributed by atoms with van der Waals surface area (Å²) in [6.07, 6.45) is 1.64. The first-order chi connectivity index (χ1) is 18.6. The third-order valence-electron chi connectivity index (χ3n) is 6.40. The van der Waals surface area contributed by atoms with Crippen LogP contribution in [0.15, 0.2) is 42.5 Å². The van der Waals surface area contributed by atoms with E-state index in [0.29, 0.717) is 64.9 Å². The van der Waals surface area contributed by atoms with E-state index < -0.39 is 0 Å². The molecule has 0 fully saturated rings. The van der Waals surface area contributed by atoms with E-state index in [-0.39, 0.29) is 23.5 Å². The Kier molecular flexibility index (Phi) is 8.72. The highest BCUT2D eigenvalue weighted by Crippen LogP contribution is 2.42. The normalized spacial score (nSPS) is 11.9. The van der Waals surface area contributed by atoms with Crippen LogP contribution >= 0.6 is 22.9 Å². The Hall–Kier alpha value is -3.69. The van der Waals surface area contributed by atoms with Gasteiger partial charge in [-0.1, -0.05) is 11.6 Å². The Labute approximate surface area is 236 Å². The second-order valence-corrected chi connectivity index (χ2v) is 11.0. The van der Waals surface area contributed by atoms with Gasteiger partial charge >= 0.3 is 0 Å². The fraction of sp³-hybridized carbons (Fsp3) is 0.310. The number of Topliss-reactive ketones (excluding diaryl/α,β-unsaturated/α-hetero) is 1. The molecule has 2 heterocycles. The zero-order valence-electron chi connectivity index (χ0n) is 22.3. The minimum absolute atomic E-state index is 0.0935. The molecular weight excluding hydrogens is 538 g/mol. The van der Waals surface area contributed by atoms with Gasteiger partial charge < -0.3 is 24.6 Å². The molecule has 1 N–H and O–H groups in total. The van der Waals surface area contributed by atoms with Gasteiger partial charge in [-0.25, -0.2) is 0 Å². The predicted molar refractivity (Wildman–Crippen MR) is 153 cm³/mol. The van der Waals surface area contributed by atoms with E-state index in [2.05, 4.69) is 5.32 Å². The number of ketones is 1. The second-order valence-electron chi connectivity index (χ2n) is 9.57. The van der Waals surface area contributed by atoms with E-state index in [4.69, 9.17) is 16.3 Å². The lowest BCUT2D eigenvalue weighted by molar-refractivity contribution is -0.117. The average Bonchev–Trinajstić information content (AvgIpc) is 3.25. The van der Waals surface area contributed by atoms with Crippen molar-refractivity contribution in [1.29, 1.82) is 0 Å². The molecule has 0 bridgehead atoms. The Balaban J connectivity index is 1.54. The number of halogens is 1. The summed E-state index contributed by atoms with van der Waals surface area (Å²) in [4.78, 5) is 53.8. The van der Waals surface area contributed by atoms with Gasteiger partial charge in [0, 0.05) is 62.1 Å². The number of benzene rings is 2. The summed E-state index contributed by atoms with van der Waals surface area (Å²) in [5.74, 6) is 0.0624. The zero-order chi connectivity index (χ0) is 28.3. The lowest BCUT2D eigenvalue weighted by Gasteiger charge is -2.19. The summed E-state index contributed by atoms with van der Waals surface area (Å²) in [5, 5.41) is 3.14. The molecule has 8 nitrogen and oxygen atoms in total. The number of carbonyl (C=O) groups excluding carboxylic acids is 4. The van der Waals surface area contributed by atoms with E-state index in [1.807, 2.05) is 12.1 Å². The molecule has 2 aromatic carbocycles. The maximum Gasteiger partial charge on any atom is 0.268 e. The highest BCUT2D eigenvalue weighted by atomic mass is 35.5. The van der Waals surface area contributed by atoms with Gasteiger partial charge in [-0.05, 0) is 61.4 Å². The first kappa shape index (κ1) is 28.3. The first-order valence-electron chi connectivity index (χ1n) is 12.5. The maximum absolute atomic E-state index is 13.4. The molecular formula is C29H30ClN3O5S. The third-order valence-corrected chi connectivity index (χ3v) is 7.90. The van der Waals surface area contributed by atoms with Crippen LogP contribution in [0.25, 0.3) is 10.4 Å². The number of nitrogens with zero attached hydrogens (tertiary/aromatic N) is 2. The van der Waals surface area contributed by atoms with E-state index in [1.165, 1.54) is 28.1 Å². The molecule has 0 aliphatic carbocycles. The van der Waals surface area contributed by atoms with Crippen LogP contribution in [-0.2, 0) is 11.2 Å². The van der Waals surface area contributed by atoms with Crippen molar-refractivity contribution in [3.05, 3.63) is 69.1 Å². The molecule has 0 saturated carbocycles. The molecule has 39 heavy (non-hydrogen) atoms. The number of carbonyl (C=O) groups is 4. The first-order valence-corrected chi connectivity index (χ1v) is 13.7. The van der Waals surface area contributed by atoms with Gasteiger partial charge in [-0.2, -0.15) is 0 Å². The van der Waals surface area contributed by atoms with Crippen molar-refractivity contribution in [2.24, 2.45) is 0 Å². The number of amides is 3. The molecule has 1 aliphatic rings. The van der Waals surface area contributed by atoms with E-state index in [9.17, 15) is 19.2 Å². The van der Waals surface area contributed by atoms with Gasteiger partial charge in [0.25, 0.3) is 17.7 Å². The lowest BCUT2D eigenvalue weighted by atomic mass is 10.0. The van der Waals surface area contributed by atoms with E-state index in [1.54, 1.807) is 51.5 Å². The quantitative estimate of drug-likeness (QED) is 0.383. The van der Waals surface area contributed by atoms with Crippen LogP contribution in [0, 0.1) is 0 Å². The number of nitrogens with one attached hydrogen (secondary N) is 1. The molecule has 4 rings (SSSR count). The van der Waals surface area contributed by atoms with Gasteiger partial charge in [0.2, 0.25) is 0 Å². The molecule has 3 aromatic rings. The van der Waals surface area contributed by atoms with Crippen LogP contribution in [0.3, 0.4) is 0 Å². The van der Waals surface area contributed by atoms with Crippen LogP contribution < -0.4 is 15.0 Å². The third kappa shape index (κ3) is 6.32. The van der Waals surface area contributed by atoms with Crippen molar-refractivity contribution < 1.29 is 23.9 Å². The fourth-order valence-corrected chi connectivity index (χ4v) is 5.80. The van der Waals surface area contributed by atoms with Crippen LogP contribution in [-0.4, -0.2) is 62.7 Å². The van der Waals surface area contributed by atoms with Crippen molar-refractivity contribution in [3.63, 3.8) is 0 Å². The summed E-state index contributed by atoms with van der Waals surface area (Å²) in [7, 11) is 4.98. The minimum Gasteiger partial charge on any atom is -0.493 e. The number of rotatable bonds is 8. The van der Waals surface area contributed by atoms with Crippen LogP contribution in [0.1, 0.15) is 55.7 Å². The summed E-state index contributed by atoms with van der Waals surface area (Å²) in [6, 6.07) is 12.1. The molecule has 10 heteroatoms. The summed E-state index contributed by atoms with van der Waals surface area (Å²) in [5.41, 5.74) is 3.24. The predicted octanol–water partition coefficient (Wildman–Crippen LogP) is 5.08. The molecule has 1 aromatic heterocycles.